The van der Waals surface area contributed by atoms with Gasteiger partial charge in [-0.15, -0.1) is 0 Å². The van der Waals surface area contributed by atoms with Crippen molar-refractivity contribution in [2.45, 2.75) is 149 Å². The molecule has 14 nitrogen and oxygen atoms in total. The molecule has 1 aliphatic heterocycles. The van der Waals surface area contributed by atoms with Crippen molar-refractivity contribution < 1.29 is 43.0 Å². The molecule has 0 saturated carbocycles. The first kappa shape index (κ1) is 46.4. The molecule has 57 heavy (non-hydrogen) atoms. The normalized spacial score (nSPS) is 16.7. The first-order valence-electron chi connectivity index (χ1n) is 19.8. The number of nitrogens with one attached hydrogen (secondary N) is 5. The van der Waals surface area contributed by atoms with E-state index in [9.17, 15) is 28.8 Å². The van der Waals surface area contributed by atoms with Crippen LogP contribution in [0.3, 0.4) is 0 Å². The molecule has 0 unspecified atom stereocenters. The Bertz CT molecular complexity index is 1690. The average molecular weight is 794 g/mol. The van der Waals surface area contributed by atoms with Crippen LogP contribution in [0.2, 0.25) is 0 Å². The quantitative estimate of drug-likeness (QED) is 0.0769. The number of amides is 5. The molecule has 2 aromatic rings. The van der Waals surface area contributed by atoms with Crippen molar-refractivity contribution in [1.29, 1.82) is 0 Å². The Labute approximate surface area is 337 Å². The Kier molecular flexibility index (Phi) is 16.6. The van der Waals surface area contributed by atoms with Gasteiger partial charge in [0, 0.05) is 30.6 Å². The number of hydrogen-bond acceptors (Lipinski definition) is 9. The summed E-state index contributed by atoms with van der Waals surface area (Å²) in [6.45, 7) is 18.5. The largest absolute Gasteiger partial charge is 0.444 e. The standard InChI is InChI=1S/C43H63N5O9/c1-11-12-13-14-35(49)46-33(24-28-15-19-30(20-16-28)44-39(53)56-41(4,5)6)37(51)48-34(38(52)47-32(23-27(2)3)36(50)43(10)26-55-43)25-29-17-21-31(22-18-29)45-40(54)57-42(7,8)9/h15-22,27,32-34H,11-14,23-26H2,1-10H3,(H,44,53)(H,45,54)(H,46,49)(H,47,52)(H,48,51)/t32-,33-,34-,43+/m0/s1. The molecule has 1 heterocycles. The number of hydrogen-bond donors (Lipinski definition) is 5. The van der Waals surface area contributed by atoms with Crippen LogP contribution in [0, 0.1) is 5.92 Å². The molecule has 1 fully saturated rings. The Morgan fingerprint density at radius 3 is 1.49 bits per heavy atom. The summed E-state index contributed by atoms with van der Waals surface area (Å²) in [5, 5.41) is 14.0. The van der Waals surface area contributed by atoms with Crippen molar-refractivity contribution in [2.24, 2.45) is 5.92 Å². The molecular formula is C43H63N5O9. The van der Waals surface area contributed by atoms with Crippen molar-refractivity contribution >= 4 is 47.1 Å². The van der Waals surface area contributed by atoms with Crippen molar-refractivity contribution in [3.05, 3.63) is 59.7 Å². The minimum absolute atomic E-state index is 0.0306. The maximum Gasteiger partial charge on any atom is 0.412 e. The van der Waals surface area contributed by atoms with Gasteiger partial charge in [-0.3, -0.25) is 29.8 Å². The highest BCUT2D eigenvalue weighted by Crippen LogP contribution is 2.30. The van der Waals surface area contributed by atoms with E-state index in [4.69, 9.17) is 14.2 Å². The number of unbranched alkanes of at least 4 members (excludes halogenated alkanes) is 2. The minimum atomic E-state index is -1.16. The lowest BCUT2D eigenvalue weighted by Crippen LogP contribution is -2.57. The number of benzene rings is 2. The fourth-order valence-electron chi connectivity index (χ4n) is 5.85. The lowest BCUT2D eigenvalue weighted by molar-refractivity contribution is -0.134. The second-order valence-electron chi connectivity index (χ2n) is 17.3. The molecule has 1 saturated heterocycles. The molecule has 0 spiro atoms. The zero-order valence-electron chi connectivity index (χ0n) is 35.3. The Balaban J connectivity index is 1.89. The maximum atomic E-state index is 14.2. The molecule has 0 bridgehead atoms. The molecule has 1 aliphatic rings. The van der Waals surface area contributed by atoms with E-state index in [0.29, 0.717) is 35.3 Å². The SMILES string of the molecule is CCCCCC(=O)N[C@@H](Cc1ccc(NC(=O)OC(C)(C)C)cc1)C(=O)N[C@@H](Cc1ccc(NC(=O)OC(C)(C)C)cc1)C(=O)N[C@@H](CC(C)C)C(=O)[C@@]1(C)CO1. The molecule has 3 rings (SSSR count). The first-order chi connectivity index (χ1) is 26.6. The third-order valence-electron chi connectivity index (χ3n) is 8.81. The van der Waals surface area contributed by atoms with E-state index >= 15 is 0 Å². The van der Waals surface area contributed by atoms with Gasteiger partial charge in [-0.05, 0) is 103 Å². The molecule has 2 aromatic carbocycles. The monoisotopic (exact) mass is 793 g/mol. The van der Waals surface area contributed by atoms with E-state index in [2.05, 4.69) is 26.6 Å². The number of epoxide rings is 1. The molecule has 0 aliphatic carbocycles. The van der Waals surface area contributed by atoms with Gasteiger partial charge in [0.05, 0.1) is 12.6 Å². The van der Waals surface area contributed by atoms with Crippen LogP contribution in [0.4, 0.5) is 21.0 Å². The lowest BCUT2D eigenvalue weighted by atomic mass is 9.93. The van der Waals surface area contributed by atoms with Crippen LogP contribution in [-0.2, 0) is 46.2 Å². The lowest BCUT2D eigenvalue weighted by Gasteiger charge is -2.27. The summed E-state index contributed by atoms with van der Waals surface area (Å²) >= 11 is 0. The number of ketones is 1. The third kappa shape index (κ3) is 17.0. The van der Waals surface area contributed by atoms with Crippen LogP contribution >= 0.6 is 0 Å². The van der Waals surface area contributed by atoms with Gasteiger partial charge < -0.3 is 30.2 Å². The maximum absolute atomic E-state index is 14.2. The van der Waals surface area contributed by atoms with E-state index in [1.54, 1.807) is 97.0 Å². The van der Waals surface area contributed by atoms with Crippen molar-refractivity contribution in [3.63, 3.8) is 0 Å². The highest BCUT2D eigenvalue weighted by molar-refractivity contribution is 5.98. The minimum Gasteiger partial charge on any atom is -0.444 e. The van der Waals surface area contributed by atoms with Crippen LogP contribution in [0.1, 0.15) is 112 Å². The molecule has 0 aromatic heterocycles. The smallest absolute Gasteiger partial charge is 0.412 e. The number of rotatable bonds is 19. The average Bonchev–Trinajstić information content (AvgIpc) is 3.85. The summed E-state index contributed by atoms with van der Waals surface area (Å²) in [5.41, 5.74) is -0.0417. The molecule has 314 valence electrons. The van der Waals surface area contributed by atoms with E-state index < -0.39 is 58.9 Å². The number of Topliss-reactive ketones (excluding diaryl/α,β-unsaturated/α-hetero) is 1. The van der Waals surface area contributed by atoms with Gasteiger partial charge in [0.2, 0.25) is 17.7 Å². The van der Waals surface area contributed by atoms with Crippen molar-refractivity contribution in [2.75, 3.05) is 17.2 Å². The summed E-state index contributed by atoms with van der Waals surface area (Å²) in [4.78, 5) is 79.5. The zero-order chi connectivity index (χ0) is 42.6. The second kappa shape index (κ2) is 20.4. The second-order valence-corrected chi connectivity index (χ2v) is 17.3. The van der Waals surface area contributed by atoms with E-state index in [-0.39, 0.29) is 43.5 Å². The fraction of sp³-hybridized carbons (Fsp3) is 0.581. The number of carbonyl (C=O) groups is 6. The molecule has 5 amide bonds. The molecule has 4 atom stereocenters. The number of carbonyl (C=O) groups excluding carboxylic acids is 6. The summed E-state index contributed by atoms with van der Waals surface area (Å²) < 4.78 is 16.1. The van der Waals surface area contributed by atoms with Gasteiger partial charge in [-0.1, -0.05) is 57.9 Å². The highest BCUT2D eigenvalue weighted by Gasteiger charge is 2.50. The summed E-state index contributed by atoms with van der Waals surface area (Å²) in [6, 6.07) is 10.5. The summed E-state index contributed by atoms with van der Waals surface area (Å²) in [5.74, 6) is -1.65. The van der Waals surface area contributed by atoms with E-state index in [1.165, 1.54) is 0 Å². The van der Waals surface area contributed by atoms with Gasteiger partial charge in [-0.2, -0.15) is 0 Å². The molecular weight excluding hydrogens is 730 g/mol. The van der Waals surface area contributed by atoms with Crippen LogP contribution in [-0.4, -0.2) is 77.2 Å². The summed E-state index contributed by atoms with van der Waals surface area (Å²) in [6.07, 6.45) is 1.90. The van der Waals surface area contributed by atoms with Crippen LogP contribution in [0.5, 0.6) is 0 Å². The summed E-state index contributed by atoms with van der Waals surface area (Å²) in [7, 11) is 0. The third-order valence-corrected chi connectivity index (χ3v) is 8.81. The van der Waals surface area contributed by atoms with Crippen LogP contribution < -0.4 is 26.6 Å². The predicted octanol–water partition coefficient (Wildman–Crippen LogP) is 6.60. The number of ether oxygens (including phenoxy) is 3. The Hall–Kier alpha value is -4.98. The van der Waals surface area contributed by atoms with E-state index in [0.717, 1.165) is 12.8 Å². The van der Waals surface area contributed by atoms with Gasteiger partial charge >= 0.3 is 12.2 Å². The van der Waals surface area contributed by atoms with Gasteiger partial charge in [0.15, 0.2) is 5.78 Å². The first-order valence-corrected chi connectivity index (χ1v) is 19.8. The zero-order valence-corrected chi connectivity index (χ0v) is 35.3. The molecule has 14 heteroatoms. The van der Waals surface area contributed by atoms with Crippen LogP contribution in [0.25, 0.3) is 0 Å². The van der Waals surface area contributed by atoms with Crippen molar-refractivity contribution in [3.8, 4) is 0 Å². The highest BCUT2D eigenvalue weighted by atomic mass is 16.6. The number of anilines is 2. The topological polar surface area (TPSA) is 194 Å². The van der Waals surface area contributed by atoms with Crippen molar-refractivity contribution in [1.82, 2.24) is 16.0 Å². The van der Waals surface area contributed by atoms with Gasteiger partial charge in [-0.25, -0.2) is 9.59 Å². The molecule has 5 N–H and O–H groups in total. The van der Waals surface area contributed by atoms with Gasteiger partial charge in [0.1, 0.15) is 28.9 Å². The van der Waals surface area contributed by atoms with Gasteiger partial charge in [0.25, 0.3) is 0 Å². The van der Waals surface area contributed by atoms with E-state index in [1.807, 2.05) is 20.8 Å². The Morgan fingerprint density at radius 2 is 1.11 bits per heavy atom. The predicted molar refractivity (Wildman–Crippen MR) is 219 cm³/mol. The Morgan fingerprint density at radius 1 is 0.684 bits per heavy atom. The molecule has 0 radical (unpaired) electrons. The van der Waals surface area contributed by atoms with Crippen LogP contribution in [0.15, 0.2) is 48.5 Å². The fourth-order valence-corrected chi connectivity index (χ4v) is 5.85.